The second kappa shape index (κ2) is 8.33. The van der Waals surface area contributed by atoms with Crippen molar-refractivity contribution in [3.8, 4) is 0 Å². The molecule has 19 heavy (non-hydrogen) atoms. The van der Waals surface area contributed by atoms with Crippen molar-refractivity contribution in [1.82, 2.24) is 15.1 Å². The highest BCUT2D eigenvalue weighted by Gasteiger charge is 2.19. The maximum absolute atomic E-state index is 12.4. The third-order valence-corrected chi connectivity index (χ3v) is 3.26. The number of rotatable bonds is 7. The highest BCUT2D eigenvalue weighted by molar-refractivity contribution is 6.34. The van der Waals surface area contributed by atoms with Crippen molar-refractivity contribution in [1.29, 1.82) is 0 Å². The third-order valence-electron chi connectivity index (χ3n) is 2.80. The average Bonchev–Trinajstić information content (AvgIpc) is 2.41. The molecule has 0 radical (unpaired) electrons. The van der Waals surface area contributed by atoms with Crippen LogP contribution in [0.3, 0.4) is 0 Å². The summed E-state index contributed by atoms with van der Waals surface area (Å²) >= 11 is 11.7. The Kier molecular flexibility index (Phi) is 7.10. The first-order valence-corrected chi connectivity index (χ1v) is 7.33. The van der Waals surface area contributed by atoms with E-state index in [0.717, 1.165) is 38.8 Å². The summed E-state index contributed by atoms with van der Waals surface area (Å²) in [5, 5.41) is 7.58. The molecule has 4 nitrogen and oxygen atoms in total. The van der Waals surface area contributed by atoms with Gasteiger partial charge in [-0.2, -0.15) is 0 Å². The molecular formula is C13H19Cl2N3O. The Hall–Kier alpha value is -0.870. The van der Waals surface area contributed by atoms with Crippen LogP contribution in [-0.4, -0.2) is 34.1 Å². The lowest BCUT2D eigenvalue weighted by Gasteiger charge is -2.22. The number of hydrogen-bond donors (Lipinski definition) is 0. The van der Waals surface area contributed by atoms with Crippen molar-refractivity contribution in [2.45, 2.75) is 39.5 Å². The van der Waals surface area contributed by atoms with Gasteiger partial charge in [-0.25, -0.2) is 0 Å². The Morgan fingerprint density at radius 2 is 1.74 bits per heavy atom. The number of halogens is 2. The van der Waals surface area contributed by atoms with E-state index < -0.39 is 0 Å². The van der Waals surface area contributed by atoms with Crippen LogP contribution < -0.4 is 0 Å². The van der Waals surface area contributed by atoms with Crippen LogP contribution in [0.5, 0.6) is 0 Å². The summed E-state index contributed by atoms with van der Waals surface area (Å²) in [5.74, 6) is -0.122. The molecule has 0 spiro atoms. The Balaban J connectivity index is 2.87. The summed E-state index contributed by atoms with van der Waals surface area (Å²) in [7, 11) is 0. The van der Waals surface area contributed by atoms with E-state index in [1.807, 2.05) is 4.90 Å². The zero-order valence-corrected chi connectivity index (χ0v) is 12.8. The summed E-state index contributed by atoms with van der Waals surface area (Å²) in [6.45, 7) is 5.65. The number of nitrogens with zero attached hydrogens (tertiary/aromatic N) is 3. The maximum atomic E-state index is 12.4. The van der Waals surface area contributed by atoms with Gasteiger partial charge in [0.15, 0.2) is 10.3 Å². The fourth-order valence-corrected chi connectivity index (χ4v) is 2.01. The van der Waals surface area contributed by atoms with E-state index in [1.54, 1.807) is 0 Å². The first-order chi connectivity index (χ1) is 9.10. The quantitative estimate of drug-likeness (QED) is 0.769. The van der Waals surface area contributed by atoms with Crippen molar-refractivity contribution >= 4 is 29.1 Å². The molecule has 0 aromatic carbocycles. The Bertz CT molecular complexity index is 418. The topological polar surface area (TPSA) is 46.1 Å². The van der Waals surface area contributed by atoms with Crippen LogP contribution in [-0.2, 0) is 0 Å². The third kappa shape index (κ3) is 4.96. The second-order valence-electron chi connectivity index (χ2n) is 4.37. The summed E-state index contributed by atoms with van der Waals surface area (Å²) in [4.78, 5) is 14.3. The fraction of sp³-hybridized carbons (Fsp3) is 0.615. The Morgan fingerprint density at radius 3 is 2.26 bits per heavy atom. The minimum absolute atomic E-state index is 0.104. The van der Waals surface area contributed by atoms with Crippen LogP contribution in [0.4, 0.5) is 0 Å². The predicted octanol–water partition coefficient (Wildman–Crippen LogP) is 3.83. The lowest BCUT2D eigenvalue weighted by molar-refractivity contribution is 0.0750. The molecule has 1 rings (SSSR count). The number of amides is 1. The molecule has 0 unspecified atom stereocenters. The molecule has 0 saturated carbocycles. The molecule has 0 bridgehead atoms. The van der Waals surface area contributed by atoms with Crippen molar-refractivity contribution in [3.05, 3.63) is 21.9 Å². The zero-order chi connectivity index (χ0) is 14.3. The van der Waals surface area contributed by atoms with Crippen LogP contribution in [0.15, 0.2) is 6.07 Å². The number of carbonyl (C=O) groups is 1. The van der Waals surface area contributed by atoms with Gasteiger partial charge in [-0.3, -0.25) is 4.79 Å². The predicted molar refractivity (Wildman–Crippen MR) is 77.8 cm³/mol. The van der Waals surface area contributed by atoms with Crippen LogP contribution in [0.1, 0.15) is 49.9 Å². The van der Waals surface area contributed by atoms with Crippen molar-refractivity contribution in [2.75, 3.05) is 13.1 Å². The minimum Gasteiger partial charge on any atom is -0.339 e. The molecule has 0 aliphatic rings. The molecule has 0 N–H and O–H groups in total. The standard InChI is InChI=1S/C13H19Cl2N3O/c1-3-5-7-18(8-6-4-2)13(19)10-9-11(14)16-17-12(10)15/h9H,3-8H2,1-2H3. The summed E-state index contributed by atoms with van der Waals surface area (Å²) in [5.41, 5.74) is 0.328. The number of hydrogen-bond acceptors (Lipinski definition) is 3. The molecule has 1 aromatic rings. The van der Waals surface area contributed by atoms with Crippen molar-refractivity contribution < 1.29 is 4.79 Å². The fourth-order valence-electron chi connectivity index (χ4n) is 1.69. The lowest BCUT2D eigenvalue weighted by atomic mass is 10.2. The first-order valence-electron chi connectivity index (χ1n) is 6.58. The van der Waals surface area contributed by atoms with Gasteiger partial charge in [-0.1, -0.05) is 49.9 Å². The van der Waals surface area contributed by atoms with Gasteiger partial charge in [-0.15, -0.1) is 10.2 Å². The molecule has 0 fully saturated rings. The van der Waals surface area contributed by atoms with Gasteiger partial charge >= 0.3 is 0 Å². The average molecular weight is 304 g/mol. The molecule has 0 aliphatic carbocycles. The molecule has 1 heterocycles. The van der Waals surface area contributed by atoms with Gasteiger partial charge in [0.1, 0.15) is 0 Å². The maximum Gasteiger partial charge on any atom is 0.257 e. The largest absolute Gasteiger partial charge is 0.339 e. The van der Waals surface area contributed by atoms with Gasteiger partial charge in [0.05, 0.1) is 5.56 Å². The van der Waals surface area contributed by atoms with Gasteiger partial charge < -0.3 is 4.90 Å². The zero-order valence-electron chi connectivity index (χ0n) is 11.3. The molecule has 0 aliphatic heterocycles. The van der Waals surface area contributed by atoms with Gasteiger partial charge in [0.25, 0.3) is 5.91 Å². The monoisotopic (exact) mass is 303 g/mol. The van der Waals surface area contributed by atoms with E-state index in [4.69, 9.17) is 23.2 Å². The number of carbonyl (C=O) groups excluding carboxylic acids is 1. The van der Waals surface area contributed by atoms with E-state index in [9.17, 15) is 4.79 Å². The molecule has 6 heteroatoms. The number of unbranched alkanes of at least 4 members (excludes halogenated alkanes) is 2. The van der Waals surface area contributed by atoms with E-state index in [2.05, 4.69) is 24.0 Å². The molecule has 1 aromatic heterocycles. The Morgan fingerprint density at radius 1 is 1.16 bits per heavy atom. The van der Waals surface area contributed by atoms with Crippen LogP contribution in [0, 0.1) is 0 Å². The molecular weight excluding hydrogens is 285 g/mol. The van der Waals surface area contributed by atoms with Crippen LogP contribution in [0.25, 0.3) is 0 Å². The molecule has 1 amide bonds. The highest BCUT2D eigenvalue weighted by Crippen LogP contribution is 2.18. The minimum atomic E-state index is -0.122. The molecule has 0 saturated heterocycles. The smallest absolute Gasteiger partial charge is 0.257 e. The SMILES string of the molecule is CCCCN(CCCC)C(=O)c1cc(Cl)nnc1Cl. The molecule has 106 valence electrons. The lowest BCUT2D eigenvalue weighted by Crippen LogP contribution is -2.33. The van der Waals surface area contributed by atoms with E-state index >= 15 is 0 Å². The molecule has 0 atom stereocenters. The van der Waals surface area contributed by atoms with Gasteiger partial charge in [0, 0.05) is 13.1 Å². The van der Waals surface area contributed by atoms with E-state index in [1.165, 1.54) is 6.07 Å². The van der Waals surface area contributed by atoms with Crippen molar-refractivity contribution in [3.63, 3.8) is 0 Å². The van der Waals surface area contributed by atoms with Crippen LogP contribution >= 0.6 is 23.2 Å². The highest BCUT2D eigenvalue weighted by atomic mass is 35.5. The summed E-state index contributed by atoms with van der Waals surface area (Å²) in [6.07, 6.45) is 4.02. The van der Waals surface area contributed by atoms with Crippen LogP contribution in [0.2, 0.25) is 10.3 Å². The summed E-state index contributed by atoms with van der Waals surface area (Å²) in [6, 6.07) is 1.48. The van der Waals surface area contributed by atoms with Gasteiger partial charge in [-0.05, 0) is 18.9 Å². The summed E-state index contributed by atoms with van der Waals surface area (Å²) < 4.78 is 0. The van der Waals surface area contributed by atoms with E-state index in [-0.39, 0.29) is 16.2 Å². The van der Waals surface area contributed by atoms with Crippen molar-refractivity contribution in [2.24, 2.45) is 0 Å². The van der Waals surface area contributed by atoms with Gasteiger partial charge in [0.2, 0.25) is 0 Å². The normalized spacial score (nSPS) is 10.5. The number of aromatic nitrogens is 2. The first kappa shape index (κ1) is 16.2. The second-order valence-corrected chi connectivity index (χ2v) is 5.12. The van der Waals surface area contributed by atoms with E-state index in [0.29, 0.717) is 5.56 Å². The Labute approximate surface area is 124 Å².